The largest absolute Gasteiger partial charge is 0.378 e. The van der Waals surface area contributed by atoms with Gasteiger partial charge in [-0.1, -0.05) is 42.0 Å². The SMILES string of the molecule is Cc1cccc(CNC(=O)C(C)(C)C(=O)Nc2ccccc2N2CCOCC2)c1. The van der Waals surface area contributed by atoms with Crippen molar-refractivity contribution in [2.24, 2.45) is 5.41 Å². The third-order valence-corrected chi connectivity index (χ3v) is 5.17. The van der Waals surface area contributed by atoms with Gasteiger partial charge in [0.05, 0.1) is 24.6 Å². The lowest BCUT2D eigenvalue weighted by atomic mass is 9.90. The Labute approximate surface area is 172 Å². The molecule has 6 heteroatoms. The Kier molecular flexibility index (Phi) is 6.54. The van der Waals surface area contributed by atoms with Gasteiger partial charge in [-0.15, -0.1) is 0 Å². The third-order valence-electron chi connectivity index (χ3n) is 5.17. The molecule has 29 heavy (non-hydrogen) atoms. The summed E-state index contributed by atoms with van der Waals surface area (Å²) in [6, 6.07) is 15.6. The molecule has 2 aromatic carbocycles. The van der Waals surface area contributed by atoms with Crippen LogP contribution in [0, 0.1) is 12.3 Å². The molecule has 0 aliphatic carbocycles. The van der Waals surface area contributed by atoms with E-state index in [0.29, 0.717) is 25.4 Å². The van der Waals surface area contributed by atoms with Crippen LogP contribution < -0.4 is 15.5 Å². The van der Waals surface area contributed by atoms with Gasteiger partial charge in [-0.05, 0) is 38.5 Å². The average molecular weight is 396 g/mol. The summed E-state index contributed by atoms with van der Waals surface area (Å²) in [7, 11) is 0. The Morgan fingerprint density at radius 2 is 1.76 bits per heavy atom. The number of nitrogens with one attached hydrogen (secondary N) is 2. The Bertz CT molecular complexity index is 873. The second-order valence-electron chi connectivity index (χ2n) is 7.87. The van der Waals surface area contributed by atoms with Gasteiger partial charge in [0.2, 0.25) is 11.8 Å². The molecule has 2 N–H and O–H groups in total. The van der Waals surface area contributed by atoms with E-state index in [0.717, 1.165) is 29.9 Å². The standard InChI is InChI=1S/C23H29N3O3/c1-17-7-6-8-18(15-17)16-24-21(27)23(2,3)22(28)25-19-9-4-5-10-20(19)26-11-13-29-14-12-26/h4-10,15H,11-14,16H2,1-3H3,(H,24,27)(H,25,28). The molecule has 1 heterocycles. The zero-order valence-corrected chi connectivity index (χ0v) is 17.3. The van der Waals surface area contributed by atoms with Crippen molar-refractivity contribution in [3.05, 3.63) is 59.7 Å². The van der Waals surface area contributed by atoms with E-state index in [1.165, 1.54) is 0 Å². The maximum absolute atomic E-state index is 13.0. The van der Waals surface area contributed by atoms with Gasteiger partial charge >= 0.3 is 0 Å². The van der Waals surface area contributed by atoms with Crippen LogP contribution in [-0.4, -0.2) is 38.1 Å². The van der Waals surface area contributed by atoms with Crippen molar-refractivity contribution in [3.8, 4) is 0 Å². The highest BCUT2D eigenvalue weighted by atomic mass is 16.5. The monoisotopic (exact) mass is 395 g/mol. The second-order valence-corrected chi connectivity index (χ2v) is 7.87. The number of nitrogens with zero attached hydrogens (tertiary/aromatic N) is 1. The maximum atomic E-state index is 13.0. The summed E-state index contributed by atoms with van der Waals surface area (Å²) in [5, 5.41) is 5.84. The molecule has 0 radical (unpaired) electrons. The van der Waals surface area contributed by atoms with Crippen molar-refractivity contribution >= 4 is 23.2 Å². The molecule has 0 bridgehead atoms. The minimum absolute atomic E-state index is 0.305. The van der Waals surface area contributed by atoms with Crippen LogP contribution in [0.5, 0.6) is 0 Å². The van der Waals surface area contributed by atoms with Crippen molar-refractivity contribution in [1.82, 2.24) is 5.32 Å². The van der Waals surface area contributed by atoms with Gasteiger partial charge in [-0.2, -0.15) is 0 Å². The number of hydrogen-bond donors (Lipinski definition) is 2. The zero-order valence-electron chi connectivity index (χ0n) is 17.3. The fraction of sp³-hybridized carbons (Fsp3) is 0.391. The number of para-hydroxylation sites is 2. The lowest BCUT2D eigenvalue weighted by molar-refractivity contribution is -0.138. The van der Waals surface area contributed by atoms with Gasteiger partial charge in [-0.25, -0.2) is 0 Å². The number of carbonyl (C=O) groups excluding carboxylic acids is 2. The molecule has 0 unspecified atom stereocenters. The van der Waals surface area contributed by atoms with Gasteiger partial charge in [0, 0.05) is 19.6 Å². The van der Waals surface area contributed by atoms with Gasteiger partial charge in [-0.3, -0.25) is 9.59 Å². The van der Waals surface area contributed by atoms with Crippen LogP contribution in [0.4, 0.5) is 11.4 Å². The first-order chi connectivity index (χ1) is 13.9. The average Bonchev–Trinajstić information content (AvgIpc) is 2.73. The van der Waals surface area contributed by atoms with E-state index in [9.17, 15) is 9.59 Å². The molecule has 1 aliphatic rings. The van der Waals surface area contributed by atoms with Crippen LogP contribution in [0.1, 0.15) is 25.0 Å². The quantitative estimate of drug-likeness (QED) is 0.738. The number of rotatable bonds is 6. The van der Waals surface area contributed by atoms with Gasteiger partial charge in [0.1, 0.15) is 5.41 Å². The van der Waals surface area contributed by atoms with Crippen molar-refractivity contribution < 1.29 is 14.3 Å². The predicted molar refractivity (Wildman–Crippen MR) is 115 cm³/mol. The topological polar surface area (TPSA) is 70.7 Å². The summed E-state index contributed by atoms with van der Waals surface area (Å²) >= 11 is 0. The van der Waals surface area contributed by atoms with Gasteiger partial charge < -0.3 is 20.3 Å². The Hall–Kier alpha value is -2.86. The summed E-state index contributed by atoms with van der Waals surface area (Å²) < 4.78 is 5.42. The number of aryl methyl sites for hydroxylation is 1. The first-order valence-electron chi connectivity index (χ1n) is 9.95. The molecule has 1 aliphatic heterocycles. The Morgan fingerprint density at radius 3 is 2.48 bits per heavy atom. The molecule has 2 aromatic rings. The number of hydrogen-bond acceptors (Lipinski definition) is 4. The second kappa shape index (κ2) is 9.09. The number of anilines is 2. The molecular weight excluding hydrogens is 366 g/mol. The summed E-state index contributed by atoms with van der Waals surface area (Å²) in [6.07, 6.45) is 0. The fourth-order valence-electron chi connectivity index (χ4n) is 3.27. The minimum atomic E-state index is -1.21. The Morgan fingerprint density at radius 1 is 1.03 bits per heavy atom. The maximum Gasteiger partial charge on any atom is 0.239 e. The van der Waals surface area contributed by atoms with E-state index in [-0.39, 0.29) is 11.8 Å². The minimum Gasteiger partial charge on any atom is -0.378 e. The first-order valence-corrected chi connectivity index (χ1v) is 9.95. The molecule has 2 amide bonds. The van der Waals surface area contributed by atoms with Crippen LogP contribution in [-0.2, 0) is 20.9 Å². The summed E-state index contributed by atoms with van der Waals surface area (Å²) in [5.41, 5.74) is 2.59. The van der Waals surface area contributed by atoms with Crippen LogP contribution in [0.25, 0.3) is 0 Å². The highest BCUT2D eigenvalue weighted by Gasteiger charge is 2.36. The van der Waals surface area contributed by atoms with Crippen molar-refractivity contribution in [1.29, 1.82) is 0 Å². The summed E-state index contributed by atoms with van der Waals surface area (Å²) in [6.45, 7) is 8.55. The lowest BCUT2D eigenvalue weighted by Crippen LogP contribution is -2.45. The van der Waals surface area contributed by atoms with E-state index < -0.39 is 5.41 Å². The predicted octanol–water partition coefficient (Wildman–Crippen LogP) is 3.11. The molecule has 6 nitrogen and oxygen atoms in total. The van der Waals surface area contributed by atoms with E-state index >= 15 is 0 Å². The Balaban J connectivity index is 1.66. The molecular formula is C23H29N3O3. The van der Waals surface area contributed by atoms with Crippen LogP contribution in [0.15, 0.2) is 48.5 Å². The van der Waals surface area contributed by atoms with Crippen LogP contribution >= 0.6 is 0 Å². The molecule has 1 fully saturated rings. The van der Waals surface area contributed by atoms with Gasteiger partial charge in [0.15, 0.2) is 0 Å². The summed E-state index contributed by atoms with van der Waals surface area (Å²) in [5.74, 6) is -0.639. The molecule has 0 aromatic heterocycles. The van der Waals surface area contributed by atoms with Crippen molar-refractivity contribution in [2.45, 2.75) is 27.3 Å². The summed E-state index contributed by atoms with van der Waals surface area (Å²) in [4.78, 5) is 27.9. The molecule has 1 saturated heterocycles. The van der Waals surface area contributed by atoms with E-state index in [2.05, 4.69) is 15.5 Å². The van der Waals surface area contributed by atoms with E-state index in [1.54, 1.807) is 13.8 Å². The molecule has 0 saturated carbocycles. The normalized spacial score (nSPS) is 14.4. The van der Waals surface area contributed by atoms with Gasteiger partial charge in [0.25, 0.3) is 0 Å². The lowest BCUT2D eigenvalue weighted by Gasteiger charge is -2.31. The number of ether oxygens (including phenoxy) is 1. The number of morpholine rings is 1. The smallest absolute Gasteiger partial charge is 0.239 e. The number of amides is 2. The number of carbonyl (C=O) groups is 2. The molecule has 3 rings (SSSR count). The zero-order chi connectivity index (χ0) is 20.9. The molecule has 0 spiro atoms. The van der Waals surface area contributed by atoms with Crippen molar-refractivity contribution in [2.75, 3.05) is 36.5 Å². The van der Waals surface area contributed by atoms with Crippen molar-refractivity contribution in [3.63, 3.8) is 0 Å². The first kappa shape index (κ1) is 20.9. The fourth-order valence-corrected chi connectivity index (χ4v) is 3.27. The number of benzene rings is 2. The van der Waals surface area contributed by atoms with E-state index in [1.807, 2.05) is 55.5 Å². The van der Waals surface area contributed by atoms with E-state index in [4.69, 9.17) is 4.74 Å². The third kappa shape index (κ3) is 5.15. The van der Waals surface area contributed by atoms with Crippen LogP contribution in [0.3, 0.4) is 0 Å². The molecule has 154 valence electrons. The van der Waals surface area contributed by atoms with Crippen LogP contribution in [0.2, 0.25) is 0 Å². The molecule has 0 atom stereocenters. The highest BCUT2D eigenvalue weighted by molar-refractivity contribution is 6.10. The highest BCUT2D eigenvalue weighted by Crippen LogP contribution is 2.28.